The highest BCUT2D eigenvalue weighted by Gasteiger charge is 2.35. The van der Waals surface area contributed by atoms with Crippen LogP contribution in [-0.2, 0) is 11.2 Å². The molecule has 1 atom stereocenters. The van der Waals surface area contributed by atoms with Gasteiger partial charge in [-0.05, 0) is 84.9 Å². The van der Waals surface area contributed by atoms with Crippen molar-refractivity contribution in [3.8, 4) is 5.75 Å². The number of aryl methyl sites for hydroxylation is 1. The first-order valence-corrected chi connectivity index (χ1v) is 14.2. The number of amides is 2. The Morgan fingerprint density at radius 2 is 1.78 bits per heavy atom. The van der Waals surface area contributed by atoms with Gasteiger partial charge in [-0.25, -0.2) is 0 Å². The SMILES string of the molecule is Cc1ccc(C(=O)N(CC(=O)N2CCc3sccc3C2COc2ccc(C(C)C)cc2)CC2CC2)cc1. The predicted octanol–water partition coefficient (Wildman–Crippen LogP) is 6.24. The van der Waals surface area contributed by atoms with E-state index in [1.54, 1.807) is 16.2 Å². The van der Waals surface area contributed by atoms with Gasteiger partial charge in [-0.1, -0.05) is 43.7 Å². The third kappa shape index (κ3) is 6.07. The zero-order valence-electron chi connectivity index (χ0n) is 22.0. The normalized spacial score (nSPS) is 17.0. The fourth-order valence-corrected chi connectivity index (χ4v) is 5.89. The van der Waals surface area contributed by atoms with Crippen LogP contribution >= 0.6 is 11.3 Å². The zero-order valence-corrected chi connectivity index (χ0v) is 22.8. The van der Waals surface area contributed by atoms with E-state index >= 15 is 0 Å². The van der Waals surface area contributed by atoms with Crippen molar-refractivity contribution < 1.29 is 14.3 Å². The molecule has 37 heavy (non-hydrogen) atoms. The summed E-state index contributed by atoms with van der Waals surface area (Å²) >= 11 is 1.75. The Balaban J connectivity index is 1.32. The van der Waals surface area contributed by atoms with Crippen LogP contribution in [0.5, 0.6) is 5.75 Å². The molecule has 2 heterocycles. The highest BCUT2D eigenvalue weighted by Crippen LogP contribution is 2.35. The molecule has 1 fully saturated rings. The maximum absolute atomic E-state index is 13.8. The maximum Gasteiger partial charge on any atom is 0.254 e. The van der Waals surface area contributed by atoms with Crippen LogP contribution in [0.1, 0.15) is 70.6 Å². The smallest absolute Gasteiger partial charge is 0.254 e. The number of fused-ring (bicyclic) bond motifs is 1. The molecule has 2 amide bonds. The molecule has 5 nitrogen and oxygen atoms in total. The number of nitrogens with zero attached hydrogens (tertiary/aromatic N) is 2. The van der Waals surface area contributed by atoms with E-state index in [9.17, 15) is 9.59 Å². The van der Waals surface area contributed by atoms with Crippen LogP contribution in [-0.4, -0.2) is 47.9 Å². The molecule has 5 rings (SSSR count). The molecular formula is C31H36N2O3S. The van der Waals surface area contributed by atoms with E-state index in [0.29, 0.717) is 37.1 Å². The van der Waals surface area contributed by atoms with Crippen molar-refractivity contribution in [1.29, 1.82) is 0 Å². The van der Waals surface area contributed by atoms with E-state index < -0.39 is 0 Å². The molecule has 3 aromatic rings. The van der Waals surface area contributed by atoms with Gasteiger partial charge in [0.1, 0.15) is 18.9 Å². The molecular weight excluding hydrogens is 480 g/mol. The number of carbonyl (C=O) groups is 2. The Bertz CT molecular complexity index is 1230. The molecule has 1 aliphatic carbocycles. The molecule has 0 saturated heterocycles. The largest absolute Gasteiger partial charge is 0.491 e. The van der Waals surface area contributed by atoms with Crippen molar-refractivity contribution in [2.24, 2.45) is 5.92 Å². The zero-order chi connectivity index (χ0) is 25.9. The highest BCUT2D eigenvalue weighted by molar-refractivity contribution is 7.10. The van der Waals surface area contributed by atoms with Crippen molar-refractivity contribution in [1.82, 2.24) is 9.80 Å². The van der Waals surface area contributed by atoms with E-state index in [0.717, 1.165) is 30.6 Å². The Hall–Kier alpha value is -3.12. The summed E-state index contributed by atoms with van der Waals surface area (Å²) in [7, 11) is 0. The molecule has 0 N–H and O–H groups in total. The van der Waals surface area contributed by atoms with Crippen LogP contribution in [0.4, 0.5) is 0 Å². The Kier molecular flexibility index (Phi) is 7.65. The highest BCUT2D eigenvalue weighted by atomic mass is 32.1. The molecule has 0 radical (unpaired) electrons. The van der Waals surface area contributed by atoms with Gasteiger partial charge >= 0.3 is 0 Å². The van der Waals surface area contributed by atoms with Crippen molar-refractivity contribution >= 4 is 23.2 Å². The minimum atomic E-state index is -0.162. The first-order valence-electron chi connectivity index (χ1n) is 13.3. The Labute approximate surface area is 224 Å². The Morgan fingerprint density at radius 1 is 1.05 bits per heavy atom. The van der Waals surface area contributed by atoms with Gasteiger partial charge in [0, 0.05) is 23.5 Å². The molecule has 1 unspecified atom stereocenters. The van der Waals surface area contributed by atoms with Gasteiger partial charge in [-0.15, -0.1) is 11.3 Å². The Morgan fingerprint density at radius 3 is 2.46 bits per heavy atom. The molecule has 1 saturated carbocycles. The molecule has 2 aromatic carbocycles. The summed E-state index contributed by atoms with van der Waals surface area (Å²) in [5.74, 6) is 1.70. The van der Waals surface area contributed by atoms with Crippen LogP contribution in [0.15, 0.2) is 60.0 Å². The summed E-state index contributed by atoms with van der Waals surface area (Å²) in [6, 6.07) is 17.8. The third-order valence-corrected chi connectivity index (χ3v) is 8.45. The van der Waals surface area contributed by atoms with Crippen LogP contribution in [0.2, 0.25) is 0 Å². The molecule has 1 aliphatic heterocycles. The average molecular weight is 517 g/mol. The van der Waals surface area contributed by atoms with Crippen molar-refractivity contribution in [2.45, 2.75) is 52.0 Å². The lowest BCUT2D eigenvalue weighted by atomic mass is 10.00. The van der Waals surface area contributed by atoms with E-state index in [4.69, 9.17) is 4.74 Å². The van der Waals surface area contributed by atoms with E-state index in [-0.39, 0.29) is 24.4 Å². The lowest BCUT2D eigenvalue weighted by molar-refractivity contribution is -0.135. The fraction of sp³-hybridized carbons (Fsp3) is 0.419. The van der Waals surface area contributed by atoms with Gasteiger partial charge in [0.15, 0.2) is 0 Å². The number of hydrogen-bond acceptors (Lipinski definition) is 4. The second-order valence-electron chi connectivity index (χ2n) is 10.7. The third-order valence-electron chi connectivity index (χ3n) is 7.46. The number of benzene rings is 2. The molecule has 1 aromatic heterocycles. The number of ether oxygens (including phenoxy) is 1. The number of thiophene rings is 1. The second-order valence-corrected chi connectivity index (χ2v) is 11.7. The second kappa shape index (κ2) is 11.1. The number of carbonyl (C=O) groups excluding carboxylic acids is 2. The van der Waals surface area contributed by atoms with Gasteiger partial charge < -0.3 is 14.5 Å². The molecule has 6 heteroatoms. The standard InChI is InChI=1S/C31H36N2O3S/c1-21(2)24-10-12-26(13-11-24)36-20-28-27-15-17-37-29(27)14-16-33(28)30(34)19-32(18-23-6-7-23)31(35)25-8-4-22(3)5-9-25/h4-5,8-13,15,17,21,23,28H,6-7,14,16,18-20H2,1-3H3. The van der Waals surface area contributed by atoms with Gasteiger partial charge in [-0.2, -0.15) is 0 Å². The van der Waals surface area contributed by atoms with Crippen LogP contribution in [0, 0.1) is 12.8 Å². The monoisotopic (exact) mass is 516 g/mol. The number of hydrogen-bond donors (Lipinski definition) is 0. The van der Waals surface area contributed by atoms with Gasteiger partial charge in [0.2, 0.25) is 5.91 Å². The van der Waals surface area contributed by atoms with Gasteiger partial charge in [0.05, 0.1) is 6.04 Å². The lowest BCUT2D eigenvalue weighted by Crippen LogP contribution is -2.48. The molecule has 2 aliphatic rings. The summed E-state index contributed by atoms with van der Waals surface area (Å²) < 4.78 is 6.22. The predicted molar refractivity (Wildman–Crippen MR) is 148 cm³/mol. The minimum absolute atomic E-state index is 0.0123. The van der Waals surface area contributed by atoms with Crippen molar-refractivity contribution in [3.63, 3.8) is 0 Å². The first-order chi connectivity index (χ1) is 17.9. The lowest BCUT2D eigenvalue weighted by Gasteiger charge is -2.37. The fourth-order valence-electron chi connectivity index (χ4n) is 4.96. The molecule has 0 spiro atoms. The molecule has 194 valence electrons. The topological polar surface area (TPSA) is 49.9 Å². The van der Waals surface area contributed by atoms with E-state index in [1.165, 1.54) is 16.0 Å². The quantitative estimate of drug-likeness (QED) is 0.338. The van der Waals surface area contributed by atoms with Gasteiger partial charge in [0.25, 0.3) is 5.91 Å². The van der Waals surface area contributed by atoms with Crippen LogP contribution in [0.25, 0.3) is 0 Å². The number of rotatable bonds is 9. The summed E-state index contributed by atoms with van der Waals surface area (Å²) in [5, 5.41) is 2.10. The first kappa shape index (κ1) is 25.5. The summed E-state index contributed by atoms with van der Waals surface area (Å²) in [5.41, 5.74) is 4.20. The summed E-state index contributed by atoms with van der Waals surface area (Å²) in [4.78, 5) is 32.2. The van der Waals surface area contributed by atoms with Crippen molar-refractivity contribution in [2.75, 3.05) is 26.2 Å². The van der Waals surface area contributed by atoms with E-state index in [1.807, 2.05) is 48.2 Å². The minimum Gasteiger partial charge on any atom is -0.491 e. The van der Waals surface area contributed by atoms with Crippen LogP contribution < -0.4 is 4.74 Å². The van der Waals surface area contributed by atoms with Gasteiger partial charge in [-0.3, -0.25) is 9.59 Å². The summed E-state index contributed by atoms with van der Waals surface area (Å²) in [6.45, 7) is 8.14. The van der Waals surface area contributed by atoms with Crippen molar-refractivity contribution in [3.05, 3.63) is 87.1 Å². The summed E-state index contributed by atoms with van der Waals surface area (Å²) in [6.07, 6.45) is 3.09. The molecule has 0 bridgehead atoms. The van der Waals surface area contributed by atoms with Crippen LogP contribution in [0.3, 0.4) is 0 Å². The maximum atomic E-state index is 13.8. The average Bonchev–Trinajstić information content (AvgIpc) is 3.59. The van der Waals surface area contributed by atoms with E-state index in [2.05, 4.69) is 37.4 Å².